The standard InChI is InChI=1S/C13H19ClN4S/c1-3-18(4-2)8-5-7-15-13-16-11(14)10-6-9-19-12(10)17-13/h6,9H,3-5,7-8H2,1-2H3,(H,15,16,17). The first-order valence-corrected chi connectivity index (χ1v) is 7.87. The Bertz CT molecular complexity index is 524. The van der Waals surface area contributed by atoms with Crippen LogP contribution in [0.3, 0.4) is 0 Å². The zero-order chi connectivity index (χ0) is 13.7. The van der Waals surface area contributed by atoms with Crippen molar-refractivity contribution >= 4 is 39.1 Å². The highest BCUT2D eigenvalue weighted by atomic mass is 35.5. The second-order valence-corrected chi connectivity index (χ2v) is 5.54. The van der Waals surface area contributed by atoms with Crippen LogP contribution in [0.15, 0.2) is 11.4 Å². The van der Waals surface area contributed by atoms with Crippen LogP contribution >= 0.6 is 22.9 Å². The first kappa shape index (κ1) is 14.5. The van der Waals surface area contributed by atoms with Gasteiger partial charge in [0.1, 0.15) is 9.98 Å². The van der Waals surface area contributed by atoms with Gasteiger partial charge >= 0.3 is 0 Å². The van der Waals surface area contributed by atoms with Gasteiger partial charge in [-0.05, 0) is 37.5 Å². The molecule has 0 atom stereocenters. The minimum absolute atomic E-state index is 0.525. The zero-order valence-electron chi connectivity index (χ0n) is 11.3. The first-order valence-electron chi connectivity index (χ1n) is 6.61. The van der Waals surface area contributed by atoms with Gasteiger partial charge in [-0.3, -0.25) is 0 Å². The van der Waals surface area contributed by atoms with Gasteiger partial charge in [0.15, 0.2) is 0 Å². The second-order valence-electron chi connectivity index (χ2n) is 4.28. The van der Waals surface area contributed by atoms with E-state index in [0.717, 1.165) is 42.8 Å². The molecule has 0 aliphatic heterocycles. The van der Waals surface area contributed by atoms with E-state index in [1.165, 1.54) is 0 Å². The van der Waals surface area contributed by atoms with Crippen LogP contribution in [0.4, 0.5) is 5.95 Å². The Kier molecular flexibility index (Phi) is 5.36. The van der Waals surface area contributed by atoms with E-state index in [-0.39, 0.29) is 0 Å². The van der Waals surface area contributed by atoms with E-state index in [0.29, 0.717) is 11.1 Å². The highest BCUT2D eigenvalue weighted by Crippen LogP contribution is 2.25. The third kappa shape index (κ3) is 3.78. The van der Waals surface area contributed by atoms with Gasteiger partial charge < -0.3 is 10.2 Å². The van der Waals surface area contributed by atoms with Gasteiger partial charge in [-0.1, -0.05) is 25.4 Å². The molecule has 0 fully saturated rings. The van der Waals surface area contributed by atoms with Crippen LogP contribution in [0.5, 0.6) is 0 Å². The summed E-state index contributed by atoms with van der Waals surface area (Å²) in [5.41, 5.74) is 0. The Balaban J connectivity index is 1.87. The van der Waals surface area contributed by atoms with Crippen molar-refractivity contribution in [3.05, 3.63) is 16.6 Å². The number of rotatable bonds is 7. The third-order valence-electron chi connectivity index (χ3n) is 3.11. The molecule has 19 heavy (non-hydrogen) atoms. The number of nitrogens with zero attached hydrogens (tertiary/aromatic N) is 3. The van der Waals surface area contributed by atoms with Gasteiger partial charge in [0.05, 0.1) is 0 Å². The summed E-state index contributed by atoms with van der Waals surface area (Å²) in [7, 11) is 0. The van der Waals surface area contributed by atoms with Gasteiger partial charge in [-0.2, -0.15) is 0 Å². The van der Waals surface area contributed by atoms with Crippen LogP contribution in [0.1, 0.15) is 20.3 Å². The van der Waals surface area contributed by atoms with Crippen molar-refractivity contribution in [2.24, 2.45) is 0 Å². The lowest BCUT2D eigenvalue weighted by atomic mass is 10.3. The fraction of sp³-hybridized carbons (Fsp3) is 0.538. The van der Waals surface area contributed by atoms with Gasteiger partial charge in [-0.25, -0.2) is 9.97 Å². The van der Waals surface area contributed by atoms with Gasteiger partial charge in [0.25, 0.3) is 0 Å². The maximum absolute atomic E-state index is 6.12. The van der Waals surface area contributed by atoms with E-state index in [2.05, 4.69) is 34.0 Å². The van der Waals surface area contributed by atoms with E-state index >= 15 is 0 Å². The SMILES string of the molecule is CCN(CC)CCCNc1nc(Cl)c2ccsc2n1. The molecule has 0 saturated heterocycles. The number of hydrogen-bond donors (Lipinski definition) is 1. The maximum Gasteiger partial charge on any atom is 0.225 e. The van der Waals surface area contributed by atoms with Crippen LogP contribution in [0.2, 0.25) is 5.15 Å². The lowest BCUT2D eigenvalue weighted by molar-refractivity contribution is 0.303. The van der Waals surface area contributed by atoms with Crippen molar-refractivity contribution in [2.45, 2.75) is 20.3 Å². The summed E-state index contributed by atoms with van der Waals surface area (Å²) in [5, 5.41) is 6.68. The van der Waals surface area contributed by atoms with E-state index in [4.69, 9.17) is 11.6 Å². The van der Waals surface area contributed by atoms with Crippen LogP contribution in [-0.4, -0.2) is 41.0 Å². The molecule has 104 valence electrons. The van der Waals surface area contributed by atoms with Gasteiger partial charge in [-0.15, -0.1) is 11.3 Å². The lowest BCUT2D eigenvalue weighted by Crippen LogP contribution is -2.25. The highest BCUT2D eigenvalue weighted by molar-refractivity contribution is 7.16. The largest absolute Gasteiger partial charge is 0.354 e. The van der Waals surface area contributed by atoms with Crippen LogP contribution in [-0.2, 0) is 0 Å². The normalized spacial score (nSPS) is 11.4. The Morgan fingerprint density at radius 1 is 1.32 bits per heavy atom. The number of anilines is 1. The van der Waals surface area contributed by atoms with Crippen molar-refractivity contribution in [3.63, 3.8) is 0 Å². The number of aromatic nitrogens is 2. The number of thiophene rings is 1. The van der Waals surface area contributed by atoms with E-state index in [1.54, 1.807) is 11.3 Å². The predicted octanol–water partition coefficient (Wildman–Crippen LogP) is 3.49. The average Bonchev–Trinajstić information content (AvgIpc) is 2.88. The van der Waals surface area contributed by atoms with Crippen molar-refractivity contribution in [1.82, 2.24) is 14.9 Å². The summed E-state index contributed by atoms with van der Waals surface area (Å²) in [6, 6.07) is 1.95. The molecule has 0 spiro atoms. The minimum Gasteiger partial charge on any atom is -0.354 e. The van der Waals surface area contributed by atoms with E-state index in [1.807, 2.05) is 11.4 Å². The molecule has 4 nitrogen and oxygen atoms in total. The molecule has 0 aliphatic rings. The number of fused-ring (bicyclic) bond motifs is 1. The molecule has 0 aromatic carbocycles. The predicted molar refractivity (Wildman–Crippen MR) is 83.3 cm³/mol. The highest BCUT2D eigenvalue weighted by Gasteiger charge is 2.06. The monoisotopic (exact) mass is 298 g/mol. The molecule has 1 N–H and O–H groups in total. The Labute approximate surface area is 122 Å². The molecule has 2 heterocycles. The van der Waals surface area contributed by atoms with Crippen molar-refractivity contribution in [3.8, 4) is 0 Å². The van der Waals surface area contributed by atoms with E-state index in [9.17, 15) is 0 Å². The molecule has 6 heteroatoms. The lowest BCUT2D eigenvalue weighted by Gasteiger charge is -2.17. The fourth-order valence-electron chi connectivity index (χ4n) is 1.94. The van der Waals surface area contributed by atoms with Gasteiger partial charge in [0, 0.05) is 11.9 Å². The Morgan fingerprint density at radius 2 is 2.11 bits per heavy atom. The molecule has 0 amide bonds. The summed E-state index contributed by atoms with van der Waals surface area (Å²) < 4.78 is 0. The van der Waals surface area contributed by atoms with Crippen molar-refractivity contribution < 1.29 is 0 Å². The first-order chi connectivity index (χ1) is 9.24. The molecule has 0 saturated carbocycles. The summed E-state index contributed by atoms with van der Waals surface area (Å²) in [6.45, 7) is 8.52. The molecular weight excluding hydrogens is 280 g/mol. The fourth-order valence-corrected chi connectivity index (χ4v) is 2.99. The van der Waals surface area contributed by atoms with Crippen LogP contribution < -0.4 is 5.32 Å². The molecule has 0 unspecified atom stereocenters. The molecule has 2 aromatic rings. The Morgan fingerprint density at radius 3 is 2.84 bits per heavy atom. The van der Waals surface area contributed by atoms with E-state index < -0.39 is 0 Å². The number of hydrogen-bond acceptors (Lipinski definition) is 5. The summed E-state index contributed by atoms with van der Waals surface area (Å²) in [5.74, 6) is 0.625. The molecule has 0 aliphatic carbocycles. The molecule has 0 bridgehead atoms. The molecule has 0 radical (unpaired) electrons. The van der Waals surface area contributed by atoms with Crippen molar-refractivity contribution in [2.75, 3.05) is 31.5 Å². The number of halogens is 1. The van der Waals surface area contributed by atoms with Crippen molar-refractivity contribution in [1.29, 1.82) is 0 Å². The molecular formula is C13H19ClN4S. The van der Waals surface area contributed by atoms with Crippen LogP contribution in [0, 0.1) is 0 Å². The summed E-state index contributed by atoms with van der Waals surface area (Å²) >= 11 is 7.70. The van der Waals surface area contributed by atoms with Crippen LogP contribution in [0.25, 0.3) is 10.2 Å². The summed E-state index contributed by atoms with van der Waals surface area (Å²) in [6.07, 6.45) is 1.07. The maximum atomic E-state index is 6.12. The topological polar surface area (TPSA) is 41.0 Å². The third-order valence-corrected chi connectivity index (χ3v) is 4.20. The summed E-state index contributed by atoms with van der Waals surface area (Å²) in [4.78, 5) is 12.1. The molecule has 2 aromatic heterocycles. The van der Waals surface area contributed by atoms with Gasteiger partial charge in [0.2, 0.25) is 5.95 Å². The second kappa shape index (κ2) is 7.03. The molecule has 2 rings (SSSR count). The average molecular weight is 299 g/mol. The Hall–Kier alpha value is -0.910. The smallest absolute Gasteiger partial charge is 0.225 e. The quantitative estimate of drug-likeness (QED) is 0.627. The minimum atomic E-state index is 0.525. The number of nitrogens with one attached hydrogen (secondary N) is 1. The zero-order valence-corrected chi connectivity index (χ0v) is 12.9.